The van der Waals surface area contributed by atoms with Gasteiger partial charge >= 0.3 is 0 Å². The van der Waals surface area contributed by atoms with Crippen LogP contribution < -0.4 is 37.2 Å². The molecule has 81 heavy (non-hydrogen) atoms. The number of unbranched alkanes of at least 4 members (excludes halogenated alkanes) is 3. The summed E-state index contributed by atoms with van der Waals surface area (Å²) < 4.78 is 29.6. The van der Waals surface area contributed by atoms with Gasteiger partial charge in [0.25, 0.3) is 5.91 Å². The van der Waals surface area contributed by atoms with Crippen molar-refractivity contribution in [2.75, 3.05) is 50.8 Å². The summed E-state index contributed by atoms with van der Waals surface area (Å²) in [5, 5.41) is 21.6. The summed E-state index contributed by atoms with van der Waals surface area (Å²) in [5.41, 5.74) is 4.00. The Kier molecular flexibility index (Phi) is 20.9. The van der Waals surface area contributed by atoms with E-state index in [9.17, 15) is 42.0 Å². The van der Waals surface area contributed by atoms with Crippen LogP contribution in [0.1, 0.15) is 175 Å². The van der Waals surface area contributed by atoms with Crippen molar-refractivity contribution in [3.63, 3.8) is 0 Å². The lowest BCUT2D eigenvalue weighted by Gasteiger charge is -2.39. The van der Waals surface area contributed by atoms with E-state index in [4.69, 9.17) is 11.6 Å². The second-order valence-corrected chi connectivity index (χ2v) is 26.6. The Morgan fingerprint density at radius 1 is 0.778 bits per heavy atom. The fourth-order valence-corrected chi connectivity index (χ4v) is 16.7. The van der Waals surface area contributed by atoms with E-state index in [-0.39, 0.29) is 108 Å². The average molecular weight is 1160 g/mol. The maximum absolute atomic E-state index is 14.7. The molecule has 2 aromatic rings. The van der Waals surface area contributed by atoms with Crippen molar-refractivity contribution in [1.29, 1.82) is 0 Å². The molecule has 2 unspecified atom stereocenters. The van der Waals surface area contributed by atoms with Crippen molar-refractivity contribution in [2.45, 2.75) is 203 Å². The molecule has 19 nitrogen and oxygen atoms in total. The zero-order valence-corrected chi connectivity index (χ0v) is 49.1. The molecule has 9 rings (SSSR count). The quantitative estimate of drug-likeness (QED) is 0.0656. The van der Waals surface area contributed by atoms with Crippen LogP contribution in [0.3, 0.4) is 0 Å². The number of amides is 7. The number of carbonyl (C=O) groups is 7. The molecule has 4 saturated heterocycles. The number of carbonyl (C=O) groups excluding carboxylic acids is 7. The highest BCUT2D eigenvalue weighted by Gasteiger charge is 2.48. The Morgan fingerprint density at radius 2 is 1.49 bits per heavy atom. The lowest BCUT2D eigenvalue weighted by molar-refractivity contribution is -0.143. The van der Waals surface area contributed by atoms with Gasteiger partial charge in [-0.05, 0) is 171 Å². The van der Waals surface area contributed by atoms with E-state index in [0.717, 1.165) is 127 Å². The summed E-state index contributed by atoms with van der Waals surface area (Å²) in [4.78, 5) is 97.5. The second-order valence-electron chi connectivity index (χ2n) is 24.3. The minimum atomic E-state index is -3.50. The van der Waals surface area contributed by atoms with Crippen LogP contribution >= 0.6 is 11.6 Å². The zero-order valence-electron chi connectivity index (χ0n) is 47.5. The van der Waals surface area contributed by atoms with E-state index >= 15 is 0 Å². The number of sulfonamides is 1. The molecule has 7 N–H and O–H groups in total. The highest BCUT2D eigenvalue weighted by Crippen LogP contribution is 2.40. The molecule has 21 heteroatoms. The number of aryl methyl sites for hydroxylation is 1. The van der Waals surface area contributed by atoms with Crippen molar-refractivity contribution in [2.24, 2.45) is 11.8 Å². The molecule has 0 spiro atoms. The van der Waals surface area contributed by atoms with Crippen LogP contribution in [0.5, 0.6) is 0 Å². The van der Waals surface area contributed by atoms with Gasteiger partial charge in [-0.15, -0.1) is 0 Å². The minimum Gasteiger partial charge on any atom is -0.356 e. The number of benzene rings is 2. The first-order chi connectivity index (χ1) is 39.0. The van der Waals surface area contributed by atoms with Crippen molar-refractivity contribution in [3.8, 4) is 0 Å². The highest BCUT2D eigenvalue weighted by molar-refractivity contribution is 7.89. The van der Waals surface area contributed by atoms with Crippen LogP contribution in [0.15, 0.2) is 36.4 Å². The Morgan fingerprint density at radius 3 is 2.22 bits per heavy atom. The minimum absolute atomic E-state index is 0.00506. The van der Waals surface area contributed by atoms with Crippen LogP contribution in [-0.2, 0) is 51.6 Å². The lowest BCUT2D eigenvalue weighted by atomic mass is 9.83. The summed E-state index contributed by atoms with van der Waals surface area (Å²) in [6.07, 6.45) is 16.6. The number of rotatable bonds is 24. The summed E-state index contributed by atoms with van der Waals surface area (Å²) in [6, 6.07) is 8.32. The molecule has 5 aliphatic heterocycles. The molecule has 7 aliphatic rings. The average Bonchev–Trinajstić information content (AvgIpc) is 4.16. The molecule has 5 fully saturated rings. The molecule has 2 bridgehead atoms. The van der Waals surface area contributed by atoms with Gasteiger partial charge in [-0.2, -0.15) is 4.31 Å². The number of hydrogen-bond acceptors (Lipinski definition) is 11. The number of hydrogen-bond donors (Lipinski definition) is 7. The highest BCUT2D eigenvalue weighted by atomic mass is 35.5. The topological polar surface area (TPSA) is 248 Å². The molecule has 0 radical (unpaired) electrons. The molecular weight excluding hydrogens is 1070 g/mol. The molecule has 0 aromatic heterocycles. The number of anilines is 1. The maximum Gasteiger partial charge on any atom is 0.253 e. The third-order valence-electron chi connectivity index (χ3n) is 18.5. The third-order valence-corrected chi connectivity index (χ3v) is 21.0. The van der Waals surface area contributed by atoms with E-state index in [2.05, 4.69) is 54.3 Å². The van der Waals surface area contributed by atoms with Gasteiger partial charge in [0, 0.05) is 55.8 Å². The lowest BCUT2D eigenvalue weighted by Crippen LogP contribution is -2.58. The predicted octanol–water partition coefficient (Wildman–Crippen LogP) is 5.40. The normalized spacial score (nSPS) is 25.0. The SMILES string of the molecule is CN[C@@H](C)C(=O)N[C@H](C(=O)N1C[C@@H](NC(=O)CCCCCCC(=O)NCCCN2CCC(CS(=O)(=O)N3C4CC[C@H]3CC(NC(=O)c3cc5c(cc3Cl)NC(=O)C5)C4)CC2)C[C@H]1C(=O)N[C@@H]1CCCc2ccccc21)C1CCCCC1. The number of likely N-dealkylation sites (N-methyl/N-ethyl adjacent to an activating group) is 1. The largest absolute Gasteiger partial charge is 0.356 e. The molecule has 5 heterocycles. The molecule has 444 valence electrons. The Hall–Kier alpha value is -5.15. The van der Waals surface area contributed by atoms with Gasteiger partial charge in [-0.25, -0.2) is 8.42 Å². The van der Waals surface area contributed by atoms with Gasteiger partial charge < -0.3 is 47.0 Å². The Labute approximate surface area is 483 Å². The number of nitrogens with one attached hydrogen (secondary N) is 7. The van der Waals surface area contributed by atoms with E-state index in [1.54, 1.807) is 35.3 Å². The zero-order chi connectivity index (χ0) is 57.2. The standard InChI is InChI=1S/C60H87ClN10O9S/c1-38(62-2)57(75)68-56(41-15-6-5-7-16-41)60(78)70-36-44(34-52(70)59(77)67-50-19-12-17-40-14-10-11-18-47(40)50)64-54(73)21-9-4-3-8-20-53(72)63-26-13-27-69-28-24-39(25-29-69)37-81(79,80)71-45-22-23-46(71)33-43(32-45)65-58(76)48-30-42-31-55(74)66-51(42)35-49(48)61/h10-11,14,18,30,35,38-39,41,43-46,50,52,56,62H,3-9,12-13,15-17,19-29,31-34,36-37H2,1-2H3,(H,63,72)(H,64,73)(H,65,76)(H,66,74)(H,67,77)(H,68,75)/t38-,43?,44-,45-,46?,50+,52-,56-/m0/s1. The van der Waals surface area contributed by atoms with Crippen LogP contribution in [0, 0.1) is 11.8 Å². The molecule has 1 saturated carbocycles. The summed E-state index contributed by atoms with van der Waals surface area (Å²) >= 11 is 6.43. The van der Waals surface area contributed by atoms with E-state index in [0.29, 0.717) is 56.3 Å². The number of piperidine rings is 2. The predicted molar refractivity (Wildman–Crippen MR) is 311 cm³/mol. The smallest absolute Gasteiger partial charge is 0.253 e. The molecule has 2 aromatic carbocycles. The first-order valence-corrected chi connectivity index (χ1v) is 32.4. The monoisotopic (exact) mass is 1160 g/mol. The molecule has 8 atom stereocenters. The van der Waals surface area contributed by atoms with Crippen LogP contribution in [-0.4, -0.2) is 152 Å². The summed E-state index contributed by atoms with van der Waals surface area (Å²) in [5.74, 6) is -1.18. The Balaban J connectivity index is 0.648. The first-order valence-electron chi connectivity index (χ1n) is 30.4. The number of likely N-dealkylation sites (tertiary alicyclic amines) is 2. The van der Waals surface area contributed by atoms with Gasteiger partial charge in [0.2, 0.25) is 45.5 Å². The van der Waals surface area contributed by atoms with Gasteiger partial charge in [-0.1, -0.05) is 68.0 Å². The number of halogens is 1. The van der Waals surface area contributed by atoms with Gasteiger partial charge in [0.05, 0.1) is 34.8 Å². The van der Waals surface area contributed by atoms with E-state index in [1.807, 2.05) is 12.1 Å². The second kappa shape index (κ2) is 28.0. The number of nitrogens with zero attached hydrogens (tertiary/aromatic N) is 3. The van der Waals surface area contributed by atoms with Crippen LogP contribution in [0.4, 0.5) is 5.69 Å². The maximum atomic E-state index is 14.7. The van der Waals surface area contributed by atoms with Crippen molar-refractivity contribution < 1.29 is 42.0 Å². The molecular formula is C60H87ClN10O9S. The fourth-order valence-electron chi connectivity index (χ4n) is 14.0. The van der Waals surface area contributed by atoms with Gasteiger partial charge in [-0.3, -0.25) is 33.6 Å². The van der Waals surface area contributed by atoms with Gasteiger partial charge in [0.1, 0.15) is 12.1 Å². The molecule has 7 amide bonds. The fraction of sp³-hybridized carbons (Fsp3) is 0.683. The van der Waals surface area contributed by atoms with Crippen molar-refractivity contribution >= 4 is 68.7 Å². The molecule has 2 aliphatic carbocycles. The van der Waals surface area contributed by atoms with Crippen molar-refractivity contribution in [3.05, 3.63) is 63.7 Å². The van der Waals surface area contributed by atoms with E-state index < -0.39 is 34.2 Å². The van der Waals surface area contributed by atoms with Crippen LogP contribution in [0.2, 0.25) is 5.02 Å². The summed E-state index contributed by atoms with van der Waals surface area (Å²) in [7, 11) is -1.79. The van der Waals surface area contributed by atoms with E-state index in [1.165, 1.54) is 5.56 Å². The van der Waals surface area contributed by atoms with Crippen LogP contribution in [0.25, 0.3) is 0 Å². The third kappa shape index (κ3) is 15.5. The summed E-state index contributed by atoms with van der Waals surface area (Å²) in [6.45, 7) is 4.96. The first kappa shape index (κ1) is 60.4. The van der Waals surface area contributed by atoms with Gasteiger partial charge in [0.15, 0.2) is 0 Å². The Bertz CT molecular complexity index is 2700. The number of fused-ring (bicyclic) bond motifs is 4. The van der Waals surface area contributed by atoms with Crippen molar-refractivity contribution in [1.82, 2.24) is 46.0 Å².